The largest absolute Gasteiger partial charge is 0.497 e. The van der Waals surface area contributed by atoms with E-state index in [0.29, 0.717) is 35.8 Å². The summed E-state index contributed by atoms with van der Waals surface area (Å²) in [5.74, 6) is 1.20. The van der Waals surface area contributed by atoms with Gasteiger partial charge in [0, 0.05) is 37.0 Å². The molecular weight excluding hydrogens is 456 g/mol. The van der Waals surface area contributed by atoms with Gasteiger partial charge in [-0.3, -0.25) is 4.79 Å². The summed E-state index contributed by atoms with van der Waals surface area (Å²) in [7, 11) is 1.58. The first-order valence-corrected chi connectivity index (χ1v) is 12.2. The van der Waals surface area contributed by atoms with Gasteiger partial charge in [-0.25, -0.2) is 4.79 Å². The van der Waals surface area contributed by atoms with Crippen molar-refractivity contribution in [2.24, 2.45) is 0 Å². The second-order valence-corrected chi connectivity index (χ2v) is 8.50. The van der Waals surface area contributed by atoms with Gasteiger partial charge in [0.25, 0.3) is 5.91 Å². The SMILES string of the molecule is CCOc1cccc(CNC(=O)c2ccc(N3CCCC3)c(NC(=O)Nc3cccc(OC)c3)c2)c1. The molecule has 3 amide bonds. The van der Waals surface area contributed by atoms with Gasteiger partial charge in [0.2, 0.25) is 0 Å². The molecule has 0 spiro atoms. The maximum absolute atomic E-state index is 13.0. The number of carbonyl (C=O) groups is 2. The average Bonchev–Trinajstić information content (AvgIpc) is 3.42. The van der Waals surface area contributed by atoms with Gasteiger partial charge in [-0.15, -0.1) is 0 Å². The van der Waals surface area contributed by atoms with Crippen LogP contribution in [0.5, 0.6) is 11.5 Å². The lowest BCUT2D eigenvalue weighted by atomic mass is 10.1. The third kappa shape index (κ3) is 6.47. The third-order valence-corrected chi connectivity index (χ3v) is 5.94. The van der Waals surface area contributed by atoms with Crippen molar-refractivity contribution in [3.63, 3.8) is 0 Å². The minimum atomic E-state index is -0.394. The van der Waals surface area contributed by atoms with Crippen LogP contribution in [0.2, 0.25) is 0 Å². The van der Waals surface area contributed by atoms with E-state index in [4.69, 9.17) is 9.47 Å². The molecule has 1 fully saturated rings. The number of anilines is 3. The highest BCUT2D eigenvalue weighted by atomic mass is 16.5. The number of methoxy groups -OCH3 is 1. The van der Waals surface area contributed by atoms with E-state index in [1.165, 1.54) is 0 Å². The number of ether oxygens (including phenoxy) is 2. The molecule has 0 bridgehead atoms. The summed E-state index contributed by atoms with van der Waals surface area (Å²) in [6, 6.07) is 19.8. The molecule has 3 aromatic carbocycles. The van der Waals surface area contributed by atoms with Crippen LogP contribution < -0.4 is 30.3 Å². The van der Waals surface area contributed by atoms with Crippen LogP contribution >= 0.6 is 0 Å². The van der Waals surface area contributed by atoms with E-state index < -0.39 is 6.03 Å². The van der Waals surface area contributed by atoms with Gasteiger partial charge in [0.05, 0.1) is 25.1 Å². The molecule has 0 saturated carbocycles. The lowest BCUT2D eigenvalue weighted by molar-refractivity contribution is 0.0951. The summed E-state index contributed by atoms with van der Waals surface area (Å²) in [4.78, 5) is 28.0. The van der Waals surface area contributed by atoms with E-state index in [1.54, 1.807) is 37.4 Å². The van der Waals surface area contributed by atoms with Crippen molar-refractivity contribution in [1.29, 1.82) is 0 Å². The molecule has 0 aromatic heterocycles. The van der Waals surface area contributed by atoms with Gasteiger partial charge in [-0.1, -0.05) is 18.2 Å². The zero-order chi connectivity index (χ0) is 25.3. The Kier molecular flexibility index (Phi) is 8.28. The maximum Gasteiger partial charge on any atom is 0.323 e. The highest BCUT2D eigenvalue weighted by Gasteiger charge is 2.19. The fourth-order valence-corrected chi connectivity index (χ4v) is 4.19. The number of carbonyl (C=O) groups excluding carboxylic acids is 2. The predicted octanol–water partition coefficient (Wildman–Crippen LogP) is 5.27. The molecule has 3 aromatic rings. The molecule has 1 aliphatic heterocycles. The van der Waals surface area contributed by atoms with E-state index >= 15 is 0 Å². The summed E-state index contributed by atoms with van der Waals surface area (Å²) >= 11 is 0. The zero-order valence-corrected chi connectivity index (χ0v) is 20.7. The Bertz CT molecular complexity index is 1210. The van der Waals surface area contributed by atoms with Crippen molar-refractivity contribution in [3.05, 3.63) is 77.9 Å². The summed E-state index contributed by atoms with van der Waals surface area (Å²) in [6.07, 6.45) is 2.19. The van der Waals surface area contributed by atoms with E-state index in [-0.39, 0.29) is 5.91 Å². The Labute approximate surface area is 211 Å². The average molecular weight is 489 g/mol. The Balaban J connectivity index is 1.48. The molecule has 1 aliphatic rings. The Morgan fingerprint density at radius 3 is 2.47 bits per heavy atom. The standard InChI is InChI=1S/C28H32N4O4/c1-3-36-24-11-6-8-20(16-24)19-29-27(33)21-12-13-26(32-14-4-5-15-32)25(17-21)31-28(34)30-22-9-7-10-23(18-22)35-2/h6-13,16-18H,3-5,14-15,19H2,1-2H3,(H,29,33)(H2,30,31,34). The van der Waals surface area contributed by atoms with E-state index in [9.17, 15) is 9.59 Å². The number of nitrogens with one attached hydrogen (secondary N) is 3. The first kappa shape index (κ1) is 24.9. The van der Waals surface area contributed by atoms with Crippen molar-refractivity contribution in [3.8, 4) is 11.5 Å². The number of hydrogen-bond donors (Lipinski definition) is 3. The van der Waals surface area contributed by atoms with Gasteiger partial charge < -0.3 is 30.3 Å². The minimum Gasteiger partial charge on any atom is -0.497 e. The molecule has 0 aliphatic carbocycles. The van der Waals surface area contributed by atoms with Crippen molar-refractivity contribution < 1.29 is 19.1 Å². The second kappa shape index (κ2) is 12.0. The number of nitrogens with zero attached hydrogens (tertiary/aromatic N) is 1. The molecule has 188 valence electrons. The normalized spacial score (nSPS) is 12.7. The molecule has 1 heterocycles. The highest BCUT2D eigenvalue weighted by Crippen LogP contribution is 2.30. The second-order valence-electron chi connectivity index (χ2n) is 8.50. The third-order valence-electron chi connectivity index (χ3n) is 5.94. The topological polar surface area (TPSA) is 91.9 Å². The smallest absolute Gasteiger partial charge is 0.323 e. The zero-order valence-electron chi connectivity index (χ0n) is 20.7. The minimum absolute atomic E-state index is 0.221. The molecule has 0 radical (unpaired) electrons. The first-order chi connectivity index (χ1) is 17.6. The van der Waals surface area contributed by atoms with Crippen LogP contribution in [0.4, 0.5) is 21.9 Å². The number of benzene rings is 3. The molecule has 8 heteroatoms. The van der Waals surface area contributed by atoms with Gasteiger partial charge in [0.15, 0.2) is 0 Å². The number of amides is 3. The van der Waals surface area contributed by atoms with Gasteiger partial charge in [-0.2, -0.15) is 0 Å². The van der Waals surface area contributed by atoms with E-state index in [1.807, 2.05) is 43.3 Å². The van der Waals surface area contributed by atoms with E-state index in [0.717, 1.165) is 42.9 Å². The van der Waals surface area contributed by atoms with Crippen LogP contribution in [-0.2, 0) is 6.54 Å². The summed E-state index contributed by atoms with van der Waals surface area (Å²) in [6.45, 7) is 4.71. The van der Waals surface area contributed by atoms with Crippen LogP contribution in [-0.4, -0.2) is 38.7 Å². The van der Waals surface area contributed by atoms with Gasteiger partial charge in [-0.05, 0) is 67.8 Å². The van der Waals surface area contributed by atoms with Crippen molar-refractivity contribution in [2.45, 2.75) is 26.3 Å². The lowest BCUT2D eigenvalue weighted by Gasteiger charge is -2.22. The molecule has 0 unspecified atom stereocenters. The molecule has 36 heavy (non-hydrogen) atoms. The predicted molar refractivity (Wildman–Crippen MR) is 142 cm³/mol. The van der Waals surface area contributed by atoms with Crippen molar-refractivity contribution in [1.82, 2.24) is 5.32 Å². The molecule has 8 nitrogen and oxygen atoms in total. The highest BCUT2D eigenvalue weighted by molar-refractivity contribution is 6.04. The van der Waals surface area contributed by atoms with E-state index in [2.05, 4.69) is 20.9 Å². The fourth-order valence-electron chi connectivity index (χ4n) is 4.19. The number of urea groups is 1. The van der Waals surface area contributed by atoms with Crippen molar-refractivity contribution in [2.75, 3.05) is 42.3 Å². The maximum atomic E-state index is 13.0. The summed E-state index contributed by atoms with van der Waals surface area (Å²) in [5.41, 5.74) is 3.50. The number of hydrogen-bond acceptors (Lipinski definition) is 5. The number of rotatable bonds is 9. The summed E-state index contributed by atoms with van der Waals surface area (Å²) < 4.78 is 10.8. The monoisotopic (exact) mass is 488 g/mol. The van der Waals surface area contributed by atoms with Gasteiger partial charge >= 0.3 is 6.03 Å². The Morgan fingerprint density at radius 1 is 0.917 bits per heavy atom. The molecule has 3 N–H and O–H groups in total. The van der Waals surface area contributed by atoms with Crippen molar-refractivity contribution >= 4 is 29.0 Å². The molecule has 1 saturated heterocycles. The van der Waals surface area contributed by atoms with Crippen LogP contribution in [0.25, 0.3) is 0 Å². The lowest BCUT2D eigenvalue weighted by Crippen LogP contribution is -2.26. The van der Waals surface area contributed by atoms with Crippen LogP contribution in [0.15, 0.2) is 66.7 Å². The van der Waals surface area contributed by atoms with Crippen LogP contribution in [0.1, 0.15) is 35.7 Å². The van der Waals surface area contributed by atoms with Crippen LogP contribution in [0.3, 0.4) is 0 Å². The molecule has 4 rings (SSSR count). The molecular formula is C28H32N4O4. The van der Waals surface area contributed by atoms with Crippen LogP contribution in [0, 0.1) is 0 Å². The first-order valence-electron chi connectivity index (χ1n) is 12.2. The Morgan fingerprint density at radius 2 is 1.69 bits per heavy atom. The van der Waals surface area contributed by atoms with Gasteiger partial charge in [0.1, 0.15) is 11.5 Å². The molecule has 0 atom stereocenters. The Hall–Kier alpha value is -4.20. The quantitative estimate of drug-likeness (QED) is 0.382. The fraction of sp³-hybridized carbons (Fsp3) is 0.286. The summed E-state index contributed by atoms with van der Waals surface area (Å²) in [5, 5.41) is 8.72.